The van der Waals surface area contributed by atoms with Crippen molar-refractivity contribution in [2.75, 3.05) is 19.0 Å². The van der Waals surface area contributed by atoms with E-state index in [2.05, 4.69) is 39.9 Å². The van der Waals surface area contributed by atoms with Gasteiger partial charge in [0.05, 0.1) is 0 Å². The van der Waals surface area contributed by atoms with E-state index < -0.39 is 0 Å². The lowest BCUT2D eigenvalue weighted by Gasteiger charge is -2.29. The summed E-state index contributed by atoms with van der Waals surface area (Å²) in [4.78, 5) is 9.52. The van der Waals surface area contributed by atoms with Crippen LogP contribution in [0.3, 0.4) is 0 Å². The highest BCUT2D eigenvalue weighted by Gasteiger charge is 2.32. The second-order valence-electron chi connectivity index (χ2n) is 5.15. The van der Waals surface area contributed by atoms with E-state index in [0.717, 1.165) is 55.1 Å². The van der Waals surface area contributed by atoms with Gasteiger partial charge in [0.1, 0.15) is 11.4 Å². The Bertz CT molecular complexity index is 420. The van der Waals surface area contributed by atoms with Gasteiger partial charge in [0.15, 0.2) is 5.82 Å². The number of hydrogen-bond donors (Lipinski definition) is 1. The molecule has 0 saturated carbocycles. The molecule has 0 aliphatic heterocycles. The molecule has 1 rings (SSSR count). The van der Waals surface area contributed by atoms with Crippen LogP contribution in [-0.4, -0.2) is 23.6 Å². The Kier molecular flexibility index (Phi) is 6.40. The maximum Gasteiger partial charge on any atom is 0.162 e. The lowest BCUT2D eigenvalue weighted by atomic mass is 9.95. The third-order valence-corrected chi connectivity index (χ3v) is 4.06. The first-order chi connectivity index (χ1) is 9.58. The molecular formula is C16H29N3O. The van der Waals surface area contributed by atoms with E-state index in [1.165, 1.54) is 0 Å². The quantitative estimate of drug-likeness (QED) is 0.785. The van der Waals surface area contributed by atoms with Crippen LogP contribution in [0.2, 0.25) is 0 Å². The summed E-state index contributed by atoms with van der Waals surface area (Å²) >= 11 is 0. The first-order valence-corrected chi connectivity index (χ1v) is 7.75. The van der Waals surface area contributed by atoms with Gasteiger partial charge >= 0.3 is 0 Å². The van der Waals surface area contributed by atoms with Crippen LogP contribution in [0.1, 0.15) is 64.0 Å². The minimum atomic E-state index is -0.375. The number of aryl methyl sites for hydroxylation is 1. The number of rotatable bonds is 8. The molecule has 0 saturated heterocycles. The number of anilines is 1. The molecule has 0 aliphatic rings. The molecule has 0 bridgehead atoms. The van der Waals surface area contributed by atoms with Crippen molar-refractivity contribution >= 4 is 5.82 Å². The standard InChI is InChI=1S/C16H29N3O/c1-7-11-17-14-12(5)13(8-2)18-15(19-14)16(9-3,10-4)20-6/h7-11H2,1-6H3,(H,17,18,19). The second-order valence-corrected chi connectivity index (χ2v) is 5.15. The molecule has 1 aromatic rings. The molecule has 0 unspecified atom stereocenters. The van der Waals surface area contributed by atoms with Crippen molar-refractivity contribution in [1.29, 1.82) is 0 Å². The molecule has 114 valence electrons. The number of nitrogens with zero attached hydrogens (tertiary/aromatic N) is 2. The number of nitrogens with one attached hydrogen (secondary N) is 1. The third-order valence-electron chi connectivity index (χ3n) is 4.06. The Morgan fingerprint density at radius 2 is 1.75 bits per heavy atom. The summed E-state index contributed by atoms with van der Waals surface area (Å²) in [6.45, 7) is 11.6. The molecule has 0 aromatic carbocycles. The topological polar surface area (TPSA) is 47.0 Å². The predicted molar refractivity (Wildman–Crippen MR) is 84.2 cm³/mol. The fraction of sp³-hybridized carbons (Fsp3) is 0.750. The summed E-state index contributed by atoms with van der Waals surface area (Å²) in [5.74, 6) is 1.77. The summed E-state index contributed by atoms with van der Waals surface area (Å²) in [5.41, 5.74) is 1.89. The molecule has 0 fully saturated rings. The zero-order chi connectivity index (χ0) is 15.2. The number of methoxy groups -OCH3 is 1. The van der Waals surface area contributed by atoms with Crippen LogP contribution >= 0.6 is 0 Å². The Morgan fingerprint density at radius 3 is 2.20 bits per heavy atom. The van der Waals surface area contributed by atoms with Gasteiger partial charge in [-0.25, -0.2) is 9.97 Å². The minimum Gasteiger partial charge on any atom is -0.370 e. The Morgan fingerprint density at radius 1 is 1.10 bits per heavy atom. The van der Waals surface area contributed by atoms with Crippen LogP contribution in [0.15, 0.2) is 0 Å². The van der Waals surface area contributed by atoms with E-state index in [4.69, 9.17) is 14.7 Å². The van der Waals surface area contributed by atoms with E-state index in [9.17, 15) is 0 Å². The van der Waals surface area contributed by atoms with Crippen LogP contribution < -0.4 is 5.32 Å². The van der Waals surface area contributed by atoms with Crippen molar-refractivity contribution in [2.45, 2.75) is 65.9 Å². The molecule has 4 heteroatoms. The van der Waals surface area contributed by atoms with Gasteiger partial charge in [0, 0.05) is 24.9 Å². The molecule has 0 spiro atoms. The van der Waals surface area contributed by atoms with Crippen LogP contribution in [-0.2, 0) is 16.8 Å². The molecule has 1 heterocycles. The number of aromatic nitrogens is 2. The minimum absolute atomic E-state index is 0.375. The lowest BCUT2D eigenvalue weighted by molar-refractivity contribution is -0.0292. The average molecular weight is 279 g/mol. The van der Waals surface area contributed by atoms with E-state index in [0.29, 0.717) is 0 Å². The molecule has 0 amide bonds. The molecule has 0 atom stereocenters. The Labute approximate surface area is 123 Å². The average Bonchev–Trinajstić information content (AvgIpc) is 2.49. The fourth-order valence-electron chi connectivity index (χ4n) is 2.47. The summed E-state index contributed by atoms with van der Waals surface area (Å²) < 4.78 is 5.77. The maximum absolute atomic E-state index is 5.77. The summed E-state index contributed by atoms with van der Waals surface area (Å²) in [6.07, 6.45) is 3.74. The zero-order valence-electron chi connectivity index (χ0n) is 13.8. The van der Waals surface area contributed by atoms with Crippen molar-refractivity contribution < 1.29 is 4.74 Å². The van der Waals surface area contributed by atoms with Crippen molar-refractivity contribution in [2.24, 2.45) is 0 Å². The van der Waals surface area contributed by atoms with Gasteiger partial charge < -0.3 is 10.1 Å². The number of hydrogen-bond acceptors (Lipinski definition) is 4. The first-order valence-electron chi connectivity index (χ1n) is 7.75. The lowest BCUT2D eigenvalue weighted by Crippen LogP contribution is -2.30. The smallest absolute Gasteiger partial charge is 0.162 e. The van der Waals surface area contributed by atoms with Gasteiger partial charge in [-0.3, -0.25) is 0 Å². The van der Waals surface area contributed by atoms with E-state index in [1.807, 2.05) is 0 Å². The number of ether oxygens (including phenoxy) is 1. The van der Waals surface area contributed by atoms with Gasteiger partial charge in [0.25, 0.3) is 0 Å². The van der Waals surface area contributed by atoms with E-state index in [1.54, 1.807) is 7.11 Å². The summed E-state index contributed by atoms with van der Waals surface area (Å²) in [6, 6.07) is 0. The van der Waals surface area contributed by atoms with Crippen molar-refractivity contribution in [1.82, 2.24) is 9.97 Å². The Hall–Kier alpha value is -1.16. The van der Waals surface area contributed by atoms with Crippen LogP contribution in [0.5, 0.6) is 0 Å². The molecule has 0 aliphatic carbocycles. The highest BCUT2D eigenvalue weighted by Crippen LogP contribution is 2.31. The fourth-order valence-corrected chi connectivity index (χ4v) is 2.47. The maximum atomic E-state index is 5.77. The molecule has 20 heavy (non-hydrogen) atoms. The zero-order valence-corrected chi connectivity index (χ0v) is 13.8. The van der Waals surface area contributed by atoms with Crippen LogP contribution in [0.25, 0.3) is 0 Å². The van der Waals surface area contributed by atoms with Crippen LogP contribution in [0, 0.1) is 6.92 Å². The highest BCUT2D eigenvalue weighted by molar-refractivity contribution is 5.46. The molecule has 0 radical (unpaired) electrons. The van der Waals surface area contributed by atoms with Crippen molar-refractivity contribution in [3.05, 3.63) is 17.1 Å². The van der Waals surface area contributed by atoms with Gasteiger partial charge in [-0.2, -0.15) is 0 Å². The SMILES string of the molecule is CCCNc1nc(C(CC)(CC)OC)nc(CC)c1C. The molecule has 1 N–H and O–H groups in total. The second kappa shape index (κ2) is 7.58. The van der Waals surface area contributed by atoms with E-state index >= 15 is 0 Å². The van der Waals surface area contributed by atoms with Crippen molar-refractivity contribution in [3.63, 3.8) is 0 Å². The van der Waals surface area contributed by atoms with E-state index in [-0.39, 0.29) is 5.60 Å². The third kappa shape index (κ3) is 3.29. The van der Waals surface area contributed by atoms with Crippen LogP contribution in [0.4, 0.5) is 5.82 Å². The Balaban J connectivity index is 3.32. The van der Waals surface area contributed by atoms with Crippen molar-refractivity contribution in [3.8, 4) is 0 Å². The largest absolute Gasteiger partial charge is 0.370 e. The summed E-state index contributed by atoms with van der Waals surface area (Å²) in [7, 11) is 1.75. The van der Waals surface area contributed by atoms with Gasteiger partial charge in [-0.1, -0.05) is 27.7 Å². The molecule has 4 nitrogen and oxygen atoms in total. The van der Waals surface area contributed by atoms with Gasteiger partial charge in [-0.05, 0) is 32.6 Å². The van der Waals surface area contributed by atoms with Gasteiger partial charge in [0.2, 0.25) is 0 Å². The molecular weight excluding hydrogens is 250 g/mol. The summed E-state index contributed by atoms with van der Waals surface area (Å²) in [5, 5.41) is 3.42. The molecule has 1 aromatic heterocycles. The monoisotopic (exact) mass is 279 g/mol. The highest BCUT2D eigenvalue weighted by atomic mass is 16.5. The van der Waals surface area contributed by atoms with Gasteiger partial charge in [-0.15, -0.1) is 0 Å². The first kappa shape index (κ1) is 16.9. The normalized spacial score (nSPS) is 11.7. The predicted octanol–water partition coefficient (Wildman–Crippen LogP) is 3.83.